The van der Waals surface area contributed by atoms with Crippen molar-refractivity contribution < 1.29 is 10.2 Å². The van der Waals surface area contributed by atoms with Crippen LogP contribution in [0.3, 0.4) is 0 Å². The summed E-state index contributed by atoms with van der Waals surface area (Å²) in [4.78, 5) is 13.9. The Morgan fingerprint density at radius 2 is 2.24 bits per heavy atom. The number of rotatable bonds is 9. The van der Waals surface area contributed by atoms with Gasteiger partial charge in [-0.15, -0.1) is 0 Å². The van der Waals surface area contributed by atoms with Crippen molar-refractivity contribution in [3.63, 3.8) is 0 Å². The van der Waals surface area contributed by atoms with Crippen molar-refractivity contribution in [1.29, 1.82) is 0 Å². The van der Waals surface area contributed by atoms with Crippen LogP contribution in [-0.2, 0) is 0 Å². The first-order chi connectivity index (χ1) is 8.06. The molecule has 17 heavy (non-hydrogen) atoms. The SMILES string of the molecule is NCCNCC(N)CCCN=C(N)N[N+](=O)O. The summed E-state index contributed by atoms with van der Waals surface area (Å²) < 4.78 is 0. The molecule has 0 amide bonds. The van der Waals surface area contributed by atoms with Crippen LogP contribution in [0.4, 0.5) is 0 Å². The molecule has 0 aromatic carbocycles. The van der Waals surface area contributed by atoms with Gasteiger partial charge in [0.05, 0.1) is 0 Å². The molecule has 0 aromatic heterocycles. The van der Waals surface area contributed by atoms with Crippen LogP contribution in [0.5, 0.6) is 0 Å². The predicted octanol–water partition coefficient (Wildman–Crippen LogP) is -2.37. The van der Waals surface area contributed by atoms with Crippen molar-refractivity contribution in [2.24, 2.45) is 22.2 Å². The van der Waals surface area contributed by atoms with Crippen LogP contribution in [0.25, 0.3) is 0 Å². The van der Waals surface area contributed by atoms with Gasteiger partial charge in [0.2, 0.25) is 0 Å². The molecule has 0 heterocycles. The maximum absolute atomic E-state index is 10.1. The maximum Gasteiger partial charge on any atom is 0.362 e. The van der Waals surface area contributed by atoms with Gasteiger partial charge in [-0.05, 0) is 18.3 Å². The van der Waals surface area contributed by atoms with E-state index >= 15 is 0 Å². The molecule has 0 bridgehead atoms. The maximum atomic E-state index is 10.1. The van der Waals surface area contributed by atoms with Crippen molar-refractivity contribution in [2.45, 2.75) is 18.9 Å². The van der Waals surface area contributed by atoms with Gasteiger partial charge in [0, 0.05) is 32.2 Å². The second-order valence-electron chi connectivity index (χ2n) is 3.55. The van der Waals surface area contributed by atoms with Gasteiger partial charge in [0.15, 0.2) is 0 Å². The third-order valence-corrected chi connectivity index (χ3v) is 1.95. The molecule has 9 N–H and O–H groups in total. The van der Waals surface area contributed by atoms with Gasteiger partial charge in [-0.1, -0.05) is 0 Å². The summed E-state index contributed by atoms with van der Waals surface area (Å²) in [6, 6.07) is 0.0415. The molecule has 9 heteroatoms. The summed E-state index contributed by atoms with van der Waals surface area (Å²) in [6.07, 6.45) is 1.53. The standard InChI is InChI=1S/C8H22N7O2/c9-3-5-12-6-7(10)2-1-4-13-8(11)14-15(16)17/h7,12H,1-6,9-10H2,(H,16,17)(H3,11,13,14)/q+1. The zero-order valence-electron chi connectivity index (χ0n) is 9.80. The third-order valence-electron chi connectivity index (χ3n) is 1.95. The van der Waals surface area contributed by atoms with Crippen molar-refractivity contribution in [2.75, 3.05) is 26.2 Å². The number of hydrazine groups is 1. The number of nitrogens with one attached hydrogen (secondary N) is 2. The first kappa shape index (κ1) is 15.6. The fourth-order valence-corrected chi connectivity index (χ4v) is 1.18. The molecule has 0 rings (SSSR count). The number of hydrogen-bond acceptors (Lipinski definition) is 5. The van der Waals surface area contributed by atoms with E-state index in [1.807, 2.05) is 5.43 Å². The van der Waals surface area contributed by atoms with Crippen molar-refractivity contribution in [3.8, 4) is 0 Å². The Kier molecular flexibility index (Phi) is 8.92. The molecule has 1 atom stereocenters. The molecule has 0 aliphatic heterocycles. The number of aliphatic imine (C=N–C) groups is 1. The van der Waals surface area contributed by atoms with E-state index in [4.69, 9.17) is 22.4 Å². The van der Waals surface area contributed by atoms with E-state index < -0.39 is 5.03 Å². The van der Waals surface area contributed by atoms with Gasteiger partial charge in [0.1, 0.15) is 4.91 Å². The fourth-order valence-electron chi connectivity index (χ4n) is 1.18. The Balaban J connectivity index is 3.52. The van der Waals surface area contributed by atoms with E-state index in [-0.39, 0.29) is 12.0 Å². The summed E-state index contributed by atoms with van der Waals surface area (Å²) >= 11 is 0. The zero-order chi connectivity index (χ0) is 13.1. The lowest BCUT2D eigenvalue weighted by Crippen LogP contribution is -2.37. The van der Waals surface area contributed by atoms with E-state index in [0.29, 0.717) is 19.6 Å². The minimum atomic E-state index is -0.499. The monoisotopic (exact) mass is 248 g/mol. The van der Waals surface area contributed by atoms with Gasteiger partial charge in [-0.2, -0.15) is 0 Å². The molecule has 0 saturated carbocycles. The first-order valence-electron chi connectivity index (χ1n) is 5.45. The van der Waals surface area contributed by atoms with Gasteiger partial charge in [0.25, 0.3) is 5.96 Å². The van der Waals surface area contributed by atoms with Crippen LogP contribution in [0.2, 0.25) is 0 Å². The highest BCUT2D eigenvalue weighted by molar-refractivity contribution is 5.76. The van der Waals surface area contributed by atoms with Crippen LogP contribution in [0.15, 0.2) is 4.99 Å². The lowest BCUT2D eigenvalue weighted by Gasteiger charge is -2.11. The van der Waals surface area contributed by atoms with Gasteiger partial charge >= 0.3 is 5.03 Å². The van der Waals surface area contributed by atoms with Crippen LogP contribution >= 0.6 is 0 Å². The summed E-state index contributed by atoms with van der Waals surface area (Å²) in [7, 11) is 0. The van der Waals surface area contributed by atoms with Crippen molar-refractivity contribution in [3.05, 3.63) is 4.91 Å². The number of nitrogens with zero attached hydrogens (tertiary/aromatic N) is 2. The second-order valence-corrected chi connectivity index (χ2v) is 3.55. The number of guanidine groups is 1. The molecular formula is C8H22N7O2+. The van der Waals surface area contributed by atoms with Crippen LogP contribution in [-0.4, -0.2) is 48.4 Å². The molecule has 0 fully saturated rings. The van der Waals surface area contributed by atoms with Crippen molar-refractivity contribution in [1.82, 2.24) is 10.7 Å². The second kappa shape index (κ2) is 9.75. The normalized spacial score (nSPS) is 13.4. The molecule has 100 valence electrons. The molecule has 0 radical (unpaired) electrons. The van der Waals surface area contributed by atoms with Crippen LogP contribution in [0, 0.1) is 4.91 Å². The Morgan fingerprint density at radius 3 is 2.82 bits per heavy atom. The highest BCUT2D eigenvalue weighted by Crippen LogP contribution is 1.93. The zero-order valence-corrected chi connectivity index (χ0v) is 9.80. The third kappa shape index (κ3) is 10.8. The van der Waals surface area contributed by atoms with E-state index in [1.54, 1.807) is 0 Å². The first-order valence-corrected chi connectivity index (χ1v) is 5.45. The number of hydrogen-bond donors (Lipinski definition) is 6. The molecular weight excluding hydrogens is 226 g/mol. The lowest BCUT2D eigenvalue weighted by atomic mass is 10.1. The Bertz CT molecular complexity index is 246. The quantitative estimate of drug-likeness (QED) is 0.115. The smallest absolute Gasteiger partial charge is 0.362 e. The molecule has 0 aromatic rings. The van der Waals surface area contributed by atoms with Gasteiger partial charge in [-0.25, -0.2) is 10.2 Å². The Morgan fingerprint density at radius 1 is 1.53 bits per heavy atom. The highest BCUT2D eigenvalue weighted by atomic mass is 16.7. The Labute approximate surface area is 99.9 Å². The average Bonchev–Trinajstić information content (AvgIpc) is 2.24. The molecule has 0 aliphatic carbocycles. The number of nitrogens with two attached hydrogens (primary N) is 3. The molecule has 9 nitrogen and oxygen atoms in total. The van der Waals surface area contributed by atoms with Crippen LogP contribution in [0.1, 0.15) is 12.8 Å². The summed E-state index contributed by atoms with van der Waals surface area (Å²) in [5.74, 6) is -0.127. The largest absolute Gasteiger partial charge is 0.365 e. The summed E-state index contributed by atoms with van der Waals surface area (Å²) in [6.45, 7) is 2.49. The Hall–Kier alpha value is -1.45. The minimum Gasteiger partial charge on any atom is -0.365 e. The van der Waals surface area contributed by atoms with Gasteiger partial charge in [-0.3, -0.25) is 0 Å². The molecule has 0 saturated heterocycles. The van der Waals surface area contributed by atoms with Gasteiger partial charge < -0.3 is 22.5 Å². The summed E-state index contributed by atoms with van der Waals surface area (Å²) in [5, 5.41) is 10.9. The lowest BCUT2D eigenvalue weighted by molar-refractivity contribution is -0.822. The molecule has 0 spiro atoms. The van der Waals surface area contributed by atoms with E-state index in [2.05, 4.69) is 10.3 Å². The summed E-state index contributed by atoms with van der Waals surface area (Å²) in [5.41, 5.74) is 18.3. The average molecular weight is 248 g/mol. The topological polar surface area (TPSA) is 155 Å². The van der Waals surface area contributed by atoms with E-state index in [0.717, 1.165) is 19.4 Å². The van der Waals surface area contributed by atoms with Crippen LogP contribution < -0.4 is 27.9 Å². The van der Waals surface area contributed by atoms with E-state index in [1.165, 1.54) is 0 Å². The molecule has 0 aliphatic rings. The highest BCUT2D eigenvalue weighted by Gasteiger charge is 2.04. The molecule has 1 unspecified atom stereocenters. The van der Waals surface area contributed by atoms with E-state index in [9.17, 15) is 4.91 Å². The van der Waals surface area contributed by atoms with Crippen molar-refractivity contribution >= 4 is 5.96 Å². The minimum absolute atomic E-state index is 0.0415. The fraction of sp³-hybridized carbons (Fsp3) is 0.875. The predicted molar refractivity (Wildman–Crippen MR) is 64.2 cm³/mol.